The summed E-state index contributed by atoms with van der Waals surface area (Å²) >= 11 is 0.928. The number of aliphatic hydroxyl groups excluding tert-OH is 1. The Kier molecular flexibility index (Phi) is 8.15. The number of thiazole rings is 1. The molecule has 1 aliphatic rings. The van der Waals surface area contributed by atoms with Crippen LogP contribution >= 0.6 is 11.3 Å². The van der Waals surface area contributed by atoms with Gasteiger partial charge in [0.1, 0.15) is 34.8 Å². The summed E-state index contributed by atoms with van der Waals surface area (Å²) in [6, 6.07) is 10.9. The molecule has 0 spiro atoms. The van der Waals surface area contributed by atoms with E-state index < -0.39 is 23.7 Å². The Morgan fingerprint density at radius 1 is 1.21 bits per heavy atom. The van der Waals surface area contributed by atoms with Crippen molar-refractivity contribution in [2.24, 2.45) is 0 Å². The monoisotopic (exact) mass is 548 g/mol. The first-order valence-electron chi connectivity index (χ1n) is 12.2. The first-order chi connectivity index (χ1) is 18.7. The first-order valence-corrected chi connectivity index (χ1v) is 13.0. The van der Waals surface area contributed by atoms with Gasteiger partial charge in [0.15, 0.2) is 5.13 Å². The summed E-state index contributed by atoms with van der Waals surface area (Å²) in [4.78, 5) is 45.5. The minimum Gasteiger partial charge on any atom is -0.507 e. The third-order valence-electron chi connectivity index (χ3n) is 6.16. The number of nitrogens with zero attached hydrogens (tertiary/aromatic N) is 2. The van der Waals surface area contributed by atoms with Crippen LogP contribution in [0.25, 0.3) is 5.76 Å². The van der Waals surface area contributed by atoms with Crippen molar-refractivity contribution in [3.8, 4) is 11.5 Å². The number of rotatable bonds is 9. The van der Waals surface area contributed by atoms with E-state index in [2.05, 4.69) is 11.6 Å². The van der Waals surface area contributed by atoms with E-state index in [9.17, 15) is 19.5 Å². The summed E-state index contributed by atoms with van der Waals surface area (Å²) in [5.74, 6) is -1.72. The van der Waals surface area contributed by atoms with Crippen LogP contribution in [0.1, 0.15) is 45.0 Å². The third-order valence-corrected chi connectivity index (χ3v) is 7.29. The molecule has 39 heavy (non-hydrogen) atoms. The summed E-state index contributed by atoms with van der Waals surface area (Å²) in [5.41, 5.74) is 1.72. The van der Waals surface area contributed by atoms with E-state index in [0.29, 0.717) is 40.5 Å². The Morgan fingerprint density at radius 2 is 1.95 bits per heavy atom. The van der Waals surface area contributed by atoms with Gasteiger partial charge in [-0.3, -0.25) is 14.5 Å². The Hall–Kier alpha value is -4.44. The molecule has 2 aromatic carbocycles. The zero-order chi connectivity index (χ0) is 28.3. The number of ketones is 1. The number of carbonyl (C=O) groups excluding carboxylic acids is 3. The highest BCUT2D eigenvalue weighted by Gasteiger charge is 2.49. The zero-order valence-electron chi connectivity index (χ0n) is 22.0. The van der Waals surface area contributed by atoms with Crippen LogP contribution in [-0.2, 0) is 14.3 Å². The standard InChI is InChI=1S/C29H28N2O7S/c1-6-14-38-28(35)26-17(4)30-29(39-26)31-23(20-10-8-9-11-21(20)37-7-2)22(25(33)27(31)34)24(32)19-13-12-18(36-5)15-16(19)3/h6,8-13,15,23,32H,1,7,14H2,2-5H3. The third kappa shape index (κ3) is 5.15. The quantitative estimate of drug-likeness (QED) is 0.129. The van der Waals surface area contributed by atoms with Gasteiger partial charge in [-0.25, -0.2) is 9.78 Å². The van der Waals surface area contributed by atoms with Crippen molar-refractivity contribution in [1.82, 2.24) is 4.98 Å². The molecule has 3 aromatic rings. The SMILES string of the molecule is C=CCOC(=O)c1sc(N2C(=O)C(=O)C(=C(O)c3ccc(OC)cc3C)C2c2ccccc2OCC)nc1C. The lowest BCUT2D eigenvalue weighted by atomic mass is 9.93. The molecule has 1 N–H and O–H groups in total. The van der Waals surface area contributed by atoms with E-state index in [4.69, 9.17) is 14.2 Å². The van der Waals surface area contributed by atoms with E-state index in [1.54, 1.807) is 56.3 Å². The summed E-state index contributed by atoms with van der Waals surface area (Å²) in [6.45, 7) is 9.09. The average molecular weight is 549 g/mol. The van der Waals surface area contributed by atoms with Gasteiger partial charge in [-0.15, -0.1) is 0 Å². The van der Waals surface area contributed by atoms with Crippen molar-refractivity contribution >= 4 is 39.9 Å². The van der Waals surface area contributed by atoms with Crippen LogP contribution in [-0.4, -0.2) is 48.1 Å². The smallest absolute Gasteiger partial charge is 0.350 e. The fourth-order valence-electron chi connectivity index (χ4n) is 4.37. The Balaban J connectivity index is 1.94. The van der Waals surface area contributed by atoms with Gasteiger partial charge in [0.2, 0.25) is 0 Å². The molecule has 4 rings (SSSR count). The van der Waals surface area contributed by atoms with E-state index >= 15 is 0 Å². The highest BCUT2D eigenvalue weighted by molar-refractivity contribution is 7.17. The predicted molar refractivity (Wildman–Crippen MR) is 147 cm³/mol. The number of para-hydroxylation sites is 1. The molecule has 1 atom stereocenters. The maximum Gasteiger partial charge on any atom is 0.350 e. The van der Waals surface area contributed by atoms with E-state index in [1.165, 1.54) is 18.1 Å². The molecule has 1 aliphatic heterocycles. The van der Waals surface area contributed by atoms with Gasteiger partial charge < -0.3 is 19.3 Å². The highest BCUT2D eigenvalue weighted by Crippen LogP contribution is 2.46. The number of methoxy groups -OCH3 is 1. The van der Waals surface area contributed by atoms with Gasteiger partial charge in [0.05, 0.1) is 25.0 Å². The van der Waals surface area contributed by atoms with E-state index in [-0.39, 0.29) is 27.9 Å². The van der Waals surface area contributed by atoms with Gasteiger partial charge in [-0.2, -0.15) is 0 Å². The molecule has 1 saturated heterocycles. The van der Waals surface area contributed by atoms with Crippen LogP contribution in [0.15, 0.2) is 60.7 Å². The van der Waals surface area contributed by atoms with E-state index in [1.807, 2.05) is 6.92 Å². The number of hydrogen-bond acceptors (Lipinski definition) is 9. The number of anilines is 1. The van der Waals surface area contributed by atoms with Gasteiger partial charge in [-0.1, -0.05) is 42.2 Å². The number of aliphatic hydroxyl groups is 1. The second-order valence-corrected chi connectivity index (χ2v) is 9.60. The molecule has 0 saturated carbocycles. The number of esters is 1. The number of ether oxygens (including phenoxy) is 3. The Labute approximate surface area is 230 Å². The molecular weight excluding hydrogens is 520 g/mol. The topological polar surface area (TPSA) is 115 Å². The number of carbonyl (C=O) groups is 3. The molecule has 10 heteroatoms. The number of amides is 1. The number of hydrogen-bond donors (Lipinski definition) is 1. The van der Waals surface area contributed by atoms with Crippen LogP contribution in [0.3, 0.4) is 0 Å². The summed E-state index contributed by atoms with van der Waals surface area (Å²) in [6.07, 6.45) is 1.44. The molecule has 9 nitrogen and oxygen atoms in total. The van der Waals surface area contributed by atoms with Gasteiger partial charge in [-0.05, 0) is 50.6 Å². The summed E-state index contributed by atoms with van der Waals surface area (Å²) < 4.78 is 16.3. The molecular formula is C29H28N2O7S. The number of aryl methyl sites for hydroxylation is 2. The molecule has 1 amide bonds. The van der Waals surface area contributed by atoms with Gasteiger partial charge in [0, 0.05) is 11.1 Å². The highest BCUT2D eigenvalue weighted by atomic mass is 32.1. The normalized spacial score (nSPS) is 16.3. The zero-order valence-corrected chi connectivity index (χ0v) is 22.8. The Bertz CT molecular complexity index is 1490. The molecule has 1 unspecified atom stereocenters. The minimum atomic E-state index is -1.07. The number of Topliss-reactive ketones (excluding diaryl/α,β-unsaturated/α-hetero) is 1. The van der Waals surface area contributed by atoms with Crippen molar-refractivity contribution in [2.45, 2.75) is 26.8 Å². The van der Waals surface area contributed by atoms with Crippen LogP contribution in [0, 0.1) is 13.8 Å². The first kappa shape index (κ1) is 27.6. The Morgan fingerprint density at radius 3 is 2.62 bits per heavy atom. The van der Waals surface area contributed by atoms with Crippen molar-refractivity contribution in [3.63, 3.8) is 0 Å². The molecule has 0 bridgehead atoms. The number of benzene rings is 2. The average Bonchev–Trinajstić information content (AvgIpc) is 3.43. The van der Waals surface area contributed by atoms with Crippen LogP contribution in [0.4, 0.5) is 5.13 Å². The van der Waals surface area contributed by atoms with Crippen LogP contribution in [0.5, 0.6) is 11.5 Å². The largest absolute Gasteiger partial charge is 0.507 e. The molecule has 202 valence electrons. The van der Waals surface area contributed by atoms with Crippen LogP contribution < -0.4 is 14.4 Å². The minimum absolute atomic E-state index is 0.0129. The number of aromatic nitrogens is 1. The summed E-state index contributed by atoms with van der Waals surface area (Å²) in [5, 5.41) is 11.6. The fraction of sp³-hybridized carbons (Fsp3) is 0.241. The maximum atomic E-state index is 13.6. The maximum absolute atomic E-state index is 13.6. The summed E-state index contributed by atoms with van der Waals surface area (Å²) in [7, 11) is 1.53. The lowest BCUT2D eigenvalue weighted by molar-refractivity contribution is -0.132. The van der Waals surface area contributed by atoms with Crippen molar-refractivity contribution < 1.29 is 33.7 Å². The fourth-order valence-corrected chi connectivity index (χ4v) is 5.35. The molecule has 0 aliphatic carbocycles. The van der Waals surface area contributed by atoms with Crippen molar-refractivity contribution in [3.05, 3.63) is 88.0 Å². The van der Waals surface area contributed by atoms with Crippen LogP contribution in [0.2, 0.25) is 0 Å². The predicted octanol–water partition coefficient (Wildman–Crippen LogP) is 5.14. The molecule has 1 fully saturated rings. The molecule has 2 heterocycles. The van der Waals surface area contributed by atoms with E-state index in [0.717, 1.165) is 11.3 Å². The molecule has 1 aromatic heterocycles. The lowest BCUT2D eigenvalue weighted by Gasteiger charge is -2.25. The second kappa shape index (κ2) is 11.5. The molecule has 0 radical (unpaired) electrons. The van der Waals surface area contributed by atoms with Crippen molar-refractivity contribution in [1.29, 1.82) is 0 Å². The van der Waals surface area contributed by atoms with Crippen molar-refractivity contribution in [2.75, 3.05) is 25.2 Å². The second-order valence-electron chi connectivity index (χ2n) is 8.62. The van der Waals surface area contributed by atoms with Gasteiger partial charge in [0.25, 0.3) is 5.78 Å². The lowest BCUT2D eigenvalue weighted by Crippen LogP contribution is -2.29. The van der Waals surface area contributed by atoms with Gasteiger partial charge >= 0.3 is 11.9 Å².